The van der Waals surface area contributed by atoms with Crippen LogP contribution in [0.3, 0.4) is 0 Å². The van der Waals surface area contributed by atoms with Crippen LogP contribution in [-0.4, -0.2) is 24.0 Å². The first-order valence-corrected chi connectivity index (χ1v) is 9.66. The van der Waals surface area contributed by atoms with Crippen LogP contribution in [0.5, 0.6) is 0 Å². The lowest BCUT2D eigenvalue weighted by atomic mass is 9.85. The summed E-state index contributed by atoms with van der Waals surface area (Å²) in [6.07, 6.45) is 5.23. The van der Waals surface area contributed by atoms with Gasteiger partial charge in [0.1, 0.15) is 0 Å². The zero-order valence-electron chi connectivity index (χ0n) is 14.2. The Hall–Kier alpha value is -1.43. The summed E-state index contributed by atoms with van der Waals surface area (Å²) >= 11 is 1.66. The molecule has 2 unspecified atom stereocenters. The molecule has 1 aliphatic heterocycles. The number of nitrogens with one attached hydrogen (secondary N) is 2. The Morgan fingerprint density at radius 1 is 1.24 bits per heavy atom. The van der Waals surface area contributed by atoms with Crippen LogP contribution in [-0.2, 0) is 17.6 Å². The molecular formula is C19H24ClN3OS. The summed E-state index contributed by atoms with van der Waals surface area (Å²) in [5.74, 6) is 0.773. The number of fused-ring (bicyclic) bond motifs is 1. The van der Waals surface area contributed by atoms with E-state index in [9.17, 15) is 4.79 Å². The van der Waals surface area contributed by atoms with Crippen molar-refractivity contribution in [3.05, 3.63) is 46.5 Å². The Labute approximate surface area is 158 Å². The lowest BCUT2D eigenvalue weighted by molar-refractivity contribution is -0.120. The SMILES string of the molecule is Cl.O=C(Nc1nc2c(s1)CC(c1ccccc1)CC2)C1CCCNC1. The van der Waals surface area contributed by atoms with Gasteiger partial charge < -0.3 is 10.6 Å². The molecule has 134 valence electrons. The van der Waals surface area contributed by atoms with Crippen molar-refractivity contribution in [1.82, 2.24) is 10.3 Å². The van der Waals surface area contributed by atoms with Crippen LogP contribution in [0.4, 0.5) is 5.13 Å². The van der Waals surface area contributed by atoms with E-state index in [1.807, 2.05) is 0 Å². The lowest BCUT2D eigenvalue weighted by Crippen LogP contribution is -2.37. The van der Waals surface area contributed by atoms with Gasteiger partial charge in [0.15, 0.2) is 5.13 Å². The van der Waals surface area contributed by atoms with Crippen molar-refractivity contribution in [3.63, 3.8) is 0 Å². The second-order valence-corrected chi connectivity index (χ2v) is 7.86. The molecule has 2 atom stereocenters. The van der Waals surface area contributed by atoms with Crippen LogP contribution in [0.1, 0.15) is 41.3 Å². The van der Waals surface area contributed by atoms with E-state index in [0.29, 0.717) is 5.92 Å². The Kier molecular flexibility index (Phi) is 6.10. The molecule has 2 N–H and O–H groups in total. The highest BCUT2D eigenvalue weighted by Gasteiger charge is 2.26. The summed E-state index contributed by atoms with van der Waals surface area (Å²) in [5, 5.41) is 7.13. The number of anilines is 1. The molecule has 1 amide bonds. The number of hydrogen-bond acceptors (Lipinski definition) is 4. The molecule has 1 aromatic carbocycles. The number of hydrogen-bond donors (Lipinski definition) is 2. The molecule has 1 aromatic heterocycles. The summed E-state index contributed by atoms with van der Waals surface area (Å²) in [7, 11) is 0. The second-order valence-electron chi connectivity index (χ2n) is 6.77. The van der Waals surface area contributed by atoms with Crippen molar-refractivity contribution in [2.75, 3.05) is 18.4 Å². The van der Waals surface area contributed by atoms with Gasteiger partial charge in [-0.25, -0.2) is 4.98 Å². The highest BCUT2D eigenvalue weighted by atomic mass is 35.5. The molecule has 1 fully saturated rings. The fourth-order valence-corrected chi connectivity index (χ4v) is 4.81. The normalized spacial score (nSPS) is 22.6. The average Bonchev–Trinajstić information content (AvgIpc) is 3.04. The van der Waals surface area contributed by atoms with E-state index in [-0.39, 0.29) is 24.2 Å². The van der Waals surface area contributed by atoms with Crippen molar-refractivity contribution in [1.29, 1.82) is 0 Å². The number of carbonyl (C=O) groups is 1. The van der Waals surface area contributed by atoms with Gasteiger partial charge in [-0.1, -0.05) is 30.3 Å². The largest absolute Gasteiger partial charge is 0.316 e. The number of rotatable bonds is 3. The van der Waals surface area contributed by atoms with Crippen molar-refractivity contribution >= 4 is 34.8 Å². The number of thiazole rings is 1. The number of aryl methyl sites for hydroxylation is 1. The van der Waals surface area contributed by atoms with E-state index < -0.39 is 0 Å². The molecule has 1 saturated heterocycles. The Balaban J connectivity index is 0.00000182. The van der Waals surface area contributed by atoms with Gasteiger partial charge in [0.2, 0.25) is 5.91 Å². The number of benzene rings is 1. The fourth-order valence-electron chi connectivity index (χ4n) is 3.72. The van der Waals surface area contributed by atoms with E-state index in [4.69, 9.17) is 0 Å². The predicted molar refractivity (Wildman–Crippen MR) is 105 cm³/mol. The molecule has 0 saturated carbocycles. The predicted octanol–water partition coefficient (Wildman–Crippen LogP) is 3.78. The molecule has 0 bridgehead atoms. The monoisotopic (exact) mass is 377 g/mol. The van der Waals surface area contributed by atoms with Crippen LogP contribution in [0.15, 0.2) is 30.3 Å². The summed E-state index contributed by atoms with van der Waals surface area (Å²) in [5.41, 5.74) is 2.60. The van der Waals surface area contributed by atoms with Crippen LogP contribution >= 0.6 is 23.7 Å². The zero-order chi connectivity index (χ0) is 16.4. The Morgan fingerprint density at radius 2 is 2.08 bits per heavy atom. The second kappa shape index (κ2) is 8.30. The summed E-state index contributed by atoms with van der Waals surface area (Å²) in [6, 6.07) is 10.7. The van der Waals surface area contributed by atoms with Gasteiger partial charge in [0.05, 0.1) is 11.6 Å². The maximum Gasteiger partial charge on any atom is 0.230 e. The third kappa shape index (κ3) is 4.22. The number of piperidine rings is 1. The van der Waals surface area contributed by atoms with Crippen molar-refractivity contribution in [2.45, 2.75) is 38.0 Å². The van der Waals surface area contributed by atoms with Crippen molar-refractivity contribution < 1.29 is 4.79 Å². The molecular weight excluding hydrogens is 354 g/mol. The van der Waals surface area contributed by atoms with Crippen LogP contribution < -0.4 is 10.6 Å². The Morgan fingerprint density at radius 3 is 2.84 bits per heavy atom. The molecule has 2 heterocycles. The maximum atomic E-state index is 12.4. The highest BCUT2D eigenvalue weighted by molar-refractivity contribution is 7.15. The van der Waals surface area contributed by atoms with Gasteiger partial charge in [-0.05, 0) is 50.1 Å². The van der Waals surface area contributed by atoms with Crippen LogP contribution in [0.2, 0.25) is 0 Å². The average molecular weight is 378 g/mol. The third-order valence-corrected chi connectivity index (χ3v) is 6.14. The number of halogens is 1. The van der Waals surface area contributed by atoms with E-state index in [1.165, 1.54) is 16.1 Å². The number of nitrogens with zero attached hydrogens (tertiary/aromatic N) is 1. The van der Waals surface area contributed by atoms with E-state index in [1.54, 1.807) is 11.3 Å². The van der Waals surface area contributed by atoms with Crippen LogP contribution in [0, 0.1) is 5.92 Å². The van der Waals surface area contributed by atoms with Crippen molar-refractivity contribution in [2.24, 2.45) is 5.92 Å². The van der Waals surface area contributed by atoms with E-state index in [2.05, 4.69) is 45.9 Å². The molecule has 6 heteroatoms. The fraction of sp³-hybridized carbons (Fsp3) is 0.474. The zero-order valence-corrected chi connectivity index (χ0v) is 15.8. The molecule has 4 nitrogen and oxygen atoms in total. The Bertz CT molecular complexity index is 713. The third-order valence-electron chi connectivity index (χ3n) is 5.11. The number of amides is 1. The van der Waals surface area contributed by atoms with Gasteiger partial charge in [0, 0.05) is 11.4 Å². The lowest BCUT2D eigenvalue weighted by Gasteiger charge is -2.21. The van der Waals surface area contributed by atoms with Gasteiger partial charge >= 0.3 is 0 Å². The number of carbonyl (C=O) groups excluding carboxylic acids is 1. The topological polar surface area (TPSA) is 54.0 Å². The van der Waals surface area contributed by atoms with Gasteiger partial charge in [-0.15, -0.1) is 23.7 Å². The van der Waals surface area contributed by atoms with Gasteiger partial charge in [-0.2, -0.15) is 0 Å². The highest BCUT2D eigenvalue weighted by Crippen LogP contribution is 2.37. The maximum absolute atomic E-state index is 12.4. The molecule has 2 aliphatic rings. The molecule has 2 aromatic rings. The minimum absolute atomic E-state index is 0. The molecule has 4 rings (SSSR count). The molecule has 25 heavy (non-hydrogen) atoms. The smallest absolute Gasteiger partial charge is 0.230 e. The number of aromatic nitrogens is 1. The van der Waals surface area contributed by atoms with Gasteiger partial charge in [0.25, 0.3) is 0 Å². The summed E-state index contributed by atoms with van der Waals surface area (Å²) < 4.78 is 0. The van der Waals surface area contributed by atoms with E-state index >= 15 is 0 Å². The van der Waals surface area contributed by atoms with E-state index in [0.717, 1.165) is 50.3 Å². The molecule has 1 aliphatic carbocycles. The quantitative estimate of drug-likeness (QED) is 0.855. The van der Waals surface area contributed by atoms with Crippen LogP contribution in [0.25, 0.3) is 0 Å². The first-order valence-electron chi connectivity index (χ1n) is 8.84. The first kappa shape index (κ1) is 18.4. The van der Waals surface area contributed by atoms with Gasteiger partial charge in [-0.3, -0.25) is 4.79 Å². The first-order chi connectivity index (χ1) is 11.8. The summed E-state index contributed by atoms with van der Waals surface area (Å²) in [6.45, 7) is 1.81. The molecule has 0 radical (unpaired) electrons. The summed E-state index contributed by atoms with van der Waals surface area (Å²) in [4.78, 5) is 18.4. The standard InChI is InChI=1S/C19H23N3OS.ClH/c23-18(15-7-4-10-20-12-15)22-19-21-16-9-8-14(11-17(16)24-19)13-5-2-1-3-6-13;/h1-3,5-6,14-15,20H,4,7-12H2,(H,21,22,23);1H. The van der Waals surface area contributed by atoms with Crippen molar-refractivity contribution in [3.8, 4) is 0 Å². The molecule has 0 spiro atoms. The minimum atomic E-state index is 0. The minimum Gasteiger partial charge on any atom is -0.316 e.